The number of carbonyl (C=O) groups is 1. The molecule has 3 unspecified atom stereocenters. The fourth-order valence-corrected chi connectivity index (χ4v) is 16.2. The van der Waals surface area contributed by atoms with Crippen LogP contribution in [0.25, 0.3) is 12.2 Å². The number of halogens is 6. The van der Waals surface area contributed by atoms with E-state index in [2.05, 4.69) is 48.4 Å². The number of hydrogen-bond acceptors (Lipinski definition) is 16. The summed E-state index contributed by atoms with van der Waals surface area (Å²) in [6.07, 6.45) is -2.07. The monoisotopic (exact) mass is 1750 g/mol. The molecule has 1 amide bonds. The number of phenolic OH excluding ortho intramolecular Hbond substituents is 4. The van der Waals surface area contributed by atoms with Gasteiger partial charge in [-0.2, -0.15) is 31.6 Å². The Bertz CT molecular complexity index is 4200. The molecule has 8 heterocycles. The molecular weight excluding hydrogens is 1680 g/mol. The Morgan fingerprint density at radius 2 is 1.05 bits per heavy atom. The van der Waals surface area contributed by atoms with Gasteiger partial charge in [-0.25, -0.2) is 0 Å². The SMILES string of the molecule is Cc1cc2c(c(O)c1C)[C@@H]1C3Cc4c(O)c(C)c5c(c4[C@H](CNC(=O)/C=C/c4cccc(C(F)(F)F)c4)N3[C@@H](C#N)[C@H](C2)N1C)OCO5.Cc1cc2c(c(O)c1C)[C@@H]1C3Cc4c(O)c(C)c5c(c4[C@H](CNC/C=C/c4cccc(C(F)(F)F)c4)N3C(O)[C@H](C2)N1C)OCO5.[Ac].[Ac]. The van der Waals surface area contributed by atoms with Gasteiger partial charge in [-0.3, -0.25) is 24.4 Å². The van der Waals surface area contributed by atoms with Gasteiger partial charge < -0.3 is 55.1 Å². The summed E-state index contributed by atoms with van der Waals surface area (Å²) in [6, 6.07) is 13.1. The second-order valence-electron chi connectivity index (χ2n) is 25.9. The maximum Gasteiger partial charge on any atom is 0.416 e. The van der Waals surface area contributed by atoms with E-state index in [1.165, 1.54) is 30.4 Å². The number of rotatable bonds is 9. The molecule has 8 aliphatic heterocycles. The van der Waals surface area contributed by atoms with E-state index >= 15 is 0 Å². The zero-order chi connectivity index (χ0) is 66.9. The first-order valence-electron chi connectivity index (χ1n) is 31.4. The van der Waals surface area contributed by atoms with E-state index in [1.54, 1.807) is 32.1 Å². The number of fused-ring (bicyclic) bond motifs is 18. The van der Waals surface area contributed by atoms with Crippen molar-refractivity contribution in [3.05, 3.63) is 173 Å². The molecule has 96 heavy (non-hydrogen) atoms. The van der Waals surface area contributed by atoms with Crippen LogP contribution in [0.15, 0.2) is 72.8 Å². The summed E-state index contributed by atoms with van der Waals surface area (Å²) >= 11 is 0. The van der Waals surface area contributed by atoms with Crippen molar-refractivity contribution in [3.8, 4) is 52.1 Å². The number of aryl methyl sites for hydroxylation is 2. The molecule has 7 N–H and O–H groups in total. The first-order chi connectivity index (χ1) is 44.7. The van der Waals surface area contributed by atoms with Gasteiger partial charge >= 0.3 is 12.4 Å². The fourth-order valence-electron chi connectivity index (χ4n) is 16.2. The van der Waals surface area contributed by atoms with Gasteiger partial charge in [-0.05, 0) is 156 Å². The van der Waals surface area contributed by atoms with E-state index in [9.17, 15) is 61.9 Å². The van der Waals surface area contributed by atoms with Crippen LogP contribution in [0.1, 0.15) is 124 Å². The van der Waals surface area contributed by atoms with Crippen molar-refractivity contribution in [2.24, 2.45) is 0 Å². The van der Waals surface area contributed by atoms with Crippen LogP contribution in [-0.4, -0.2) is 135 Å². The van der Waals surface area contributed by atoms with Crippen molar-refractivity contribution in [2.45, 2.75) is 140 Å². The summed E-state index contributed by atoms with van der Waals surface area (Å²) in [5.41, 5.74) is 10.2. The number of likely N-dealkylation sites (N-methyl/N-ethyl adjacent to an activating group) is 2. The van der Waals surface area contributed by atoms with E-state index in [0.29, 0.717) is 89.6 Å². The Balaban J connectivity index is 0.000000191. The topological polar surface area (TPSA) is 216 Å². The molecule has 25 heteroatoms. The number of benzene rings is 6. The van der Waals surface area contributed by atoms with Crippen LogP contribution < -0.4 is 29.6 Å². The number of aromatic hydroxyl groups is 4. The molecule has 4 bridgehead atoms. The maximum absolute atomic E-state index is 13.2. The molecule has 6 aromatic rings. The summed E-state index contributed by atoms with van der Waals surface area (Å²) in [6.45, 7) is 11.9. The van der Waals surface area contributed by atoms with Crippen LogP contribution >= 0.6 is 0 Å². The fraction of sp³-hybridized carbons (Fsp3) is 0.408. The smallest absolute Gasteiger partial charge is 0.416 e. The first kappa shape index (κ1) is 71.7. The molecule has 500 valence electrons. The second kappa shape index (κ2) is 27.5. The number of nitrogens with one attached hydrogen (secondary N) is 2. The van der Waals surface area contributed by atoms with E-state index in [4.69, 9.17) is 18.9 Å². The number of carbonyl (C=O) groups excluding carboxylic acids is 1. The molecule has 2 fully saturated rings. The summed E-state index contributed by atoms with van der Waals surface area (Å²) < 4.78 is 103. The van der Waals surface area contributed by atoms with Gasteiger partial charge in [0.15, 0.2) is 23.0 Å². The molecule has 6 aromatic carbocycles. The Labute approximate surface area is 623 Å². The van der Waals surface area contributed by atoms with E-state index in [-0.39, 0.29) is 173 Å². The molecular formula is C71H73Ac2F6N7O10. The molecule has 2 saturated heterocycles. The standard InChI is InChI=1S/C36H35F3N4O5.C35H38F3N3O5.2Ac/c1-17-10-21-12-24-26(14-40)43-25(31(42(24)4)29(21)33(46)18(17)2)13-23-30(35-34(47-16-48-35)19(3)32(23)45)27(43)15-41-28(44)9-8-20-6-5-7-22(11-20)36(37,38)39;1-17-11-21-13-25-34(44)41-24(29(40(25)4)27(21)31(43)18(17)2)14-23-28(33-32(45-16-46-33)19(3)30(23)42)26(41)15-39-10-6-8-20-7-5-9-22(12-20)35(36,37)38;;/h5-11,24-27,31,45-46H,12-13,15-16H2,1-4H3,(H,41,44);5-9,11-12,24-26,29,34,39,42-44H,10,13-16H2,1-4H3;;/b9-8+;8-6+;;/t24-,25?,26-,27-,31-;24?,25-,26-,29-,34?;;/m00../s1. The Morgan fingerprint density at radius 1 is 0.594 bits per heavy atom. The molecule has 10 atom stereocenters. The predicted molar refractivity (Wildman–Crippen MR) is 335 cm³/mol. The van der Waals surface area contributed by atoms with Gasteiger partial charge in [0, 0.05) is 176 Å². The minimum Gasteiger partial charge on any atom is -0.507 e. The number of aliphatic hydroxyl groups is 1. The Morgan fingerprint density at radius 3 is 1.55 bits per heavy atom. The number of nitrogens with zero attached hydrogens (tertiary/aromatic N) is 5. The molecule has 0 aromatic heterocycles. The number of hydrogen-bond donors (Lipinski definition) is 7. The third kappa shape index (κ3) is 12.3. The van der Waals surface area contributed by atoms with Crippen LogP contribution in [0.4, 0.5) is 26.3 Å². The van der Waals surface area contributed by atoms with Gasteiger partial charge in [0.2, 0.25) is 19.5 Å². The van der Waals surface area contributed by atoms with Gasteiger partial charge in [0.25, 0.3) is 0 Å². The van der Waals surface area contributed by atoms with Crippen molar-refractivity contribution in [1.29, 1.82) is 5.26 Å². The Kier molecular flexibility index (Phi) is 20.5. The van der Waals surface area contributed by atoms with Crippen molar-refractivity contribution in [2.75, 3.05) is 47.3 Å². The van der Waals surface area contributed by atoms with Gasteiger partial charge in [0.05, 0.1) is 47.4 Å². The maximum atomic E-state index is 13.2. The summed E-state index contributed by atoms with van der Waals surface area (Å²) in [5, 5.41) is 75.2. The quantitative estimate of drug-likeness (QED) is 0.0407. The molecule has 0 aliphatic carbocycles. The van der Waals surface area contributed by atoms with Gasteiger partial charge in [-0.15, -0.1) is 0 Å². The van der Waals surface area contributed by atoms with E-state index < -0.39 is 53.7 Å². The third-order valence-electron chi connectivity index (χ3n) is 21.0. The van der Waals surface area contributed by atoms with Crippen LogP contribution in [0.3, 0.4) is 0 Å². The normalized spacial score (nSPS) is 24.4. The molecule has 8 aliphatic rings. The van der Waals surface area contributed by atoms with Crippen LogP contribution in [0.5, 0.6) is 46.0 Å². The largest absolute Gasteiger partial charge is 0.507 e. The number of aliphatic hydroxyl groups excluding tert-OH is 1. The zero-order valence-electron chi connectivity index (χ0n) is 54.2. The van der Waals surface area contributed by atoms with E-state index in [1.807, 2.05) is 41.8 Å². The van der Waals surface area contributed by atoms with Crippen molar-refractivity contribution in [1.82, 2.24) is 30.2 Å². The molecule has 2 radical (unpaired) electrons. The van der Waals surface area contributed by atoms with Crippen LogP contribution in [0, 0.1) is 141 Å². The molecule has 0 spiro atoms. The van der Waals surface area contributed by atoms with Gasteiger partial charge in [-0.1, -0.05) is 48.6 Å². The average Bonchev–Trinajstić information content (AvgIpc) is 0.933. The molecule has 14 rings (SSSR count). The first-order valence-corrected chi connectivity index (χ1v) is 31.4. The number of ether oxygens (including phenoxy) is 4. The van der Waals surface area contributed by atoms with Crippen molar-refractivity contribution >= 4 is 18.1 Å². The van der Waals surface area contributed by atoms with Crippen LogP contribution in [-0.2, 0) is 42.8 Å². The number of piperazine rings is 2. The predicted octanol–water partition coefficient (Wildman–Crippen LogP) is 10.6. The minimum atomic E-state index is -4.51. The van der Waals surface area contributed by atoms with E-state index in [0.717, 1.165) is 79.9 Å². The summed E-state index contributed by atoms with van der Waals surface area (Å²) in [5.74, 6) is 2.03. The number of alkyl halides is 6. The summed E-state index contributed by atoms with van der Waals surface area (Å²) in [4.78, 5) is 21.7. The van der Waals surface area contributed by atoms with Crippen LogP contribution in [0.2, 0.25) is 0 Å². The molecule has 17 nitrogen and oxygen atoms in total. The number of nitriles is 1. The second-order valence-corrected chi connectivity index (χ2v) is 25.9. The van der Waals surface area contributed by atoms with Crippen molar-refractivity contribution in [3.63, 3.8) is 0 Å². The Hall–Kier alpha value is -5.62. The molecule has 0 saturated carbocycles. The third-order valence-corrected chi connectivity index (χ3v) is 21.0. The summed E-state index contributed by atoms with van der Waals surface area (Å²) in [7, 11) is 3.95. The minimum absolute atomic E-state index is 0. The van der Waals surface area contributed by atoms with Gasteiger partial charge in [0.1, 0.15) is 35.3 Å². The average molecular weight is 1750 g/mol. The van der Waals surface area contributed by atoms with Crippen molar-refractivity contribution < 1.29 is 164 Å². The number of amides is 1. The zero-order valence-corrected chi connectivity index (χ0v) is 63.6. The number of phenols is 4.